The molecule has 1 aliphatic rings. The van der Waals surface area contributed by atoms with E-state index in [1.54, 1.807) is 0 Å². The van der Waals surface area contributed by atoms with Crippen LogP contribution in [0.4, 0.5) is 0 Å². The molecule has 2 N–H and O–H groups in total. The molecule has 0 bridgehead atoms. The normalized spacial score (nSPS) is 25.7. The molecule has 0 amide bonds. The van der Waals surface area contributed by atoms with Crippen molar-refractivity contribution in [3.8, 4) is 0 Å². The highest BCUT2D eigenvalue weighted by Crippen LogP contribution is 2.38. The molecule has 0 saturated carbocycles. The topological polar surface area (TPSA) is 26.0 Å². The zero-order valence-electron chi connectivity index (χ0n) is 9.33. The summed E-state index contributed by atoms with van der Waals surface area (Å²) in [5.74, 6) is 2.51. The lowest BCUT2D eigenvalue weighted by atomic mass is 9.81. The predicted octanol–water partition coefficient (Wildman–Crippen LogP) is 2.62. The first-order valence-electron chi connectivity index (χ1n) is 5.57. The van der Waals surface area contributed by atoms with Crippen LogP contribution in [-0.2, 0) is 6.42 Å². The standard InChI is InChI=1S/C13H19NS/c1-11-3-2-4-12(7-11)8-13(9-14)5-6-15-10-13/h2-4,7H,5-6,8-10,14H2,1H3. The molecular weight excluding hydrogens is 202 g/mol. The van der Waals surface area contributed by atoms with Gasteiger partial charge in [0.2, 0.25) is 0 Å². The molecule has 0 aliphatic carbocycles. The fourth-order valence-corrected chi connectivity index (χ4v) is 3.80. The number of aryl methyl sites for hydroxylation is 1. The third kappa shape index (κ3) is 2.56. The average molecular weight is 221 g/mol. The smallest absolute Gasteiger partial charge is 0.000477 e. The van der Waals surface area contributed by atoms with E-state index in [0.29, 0.717) is 5.41 Å². The number of rotatable bonds is 3. The van der Waals surface area contributed by atoms with E-state index in [0.717, 1.165) is 13.0 Å². The Morgan fingerprint density at radius 1 is 1.47 bits per heavy atom. The monoisotopic (exact) mass is 221 g/mol. The molecule has 0 spiro atoms. The summed E-state index contributed by atoms with van der Waals surface area (Å²) in [4.78, 5) is 0. The lowest BCUT2D eigenvalue weighted by Crippen LogP contribution is -2.32. The molecule has 1 atom stereocenters. The van der Waals surface area contributed by atoms with Crippen LogP contribution in [0, 0.1) is 12.3 Å². The summed E-state index contributed by atoms with van der Waals surface area (Å²) >= 11 is 2.05. The molecule has 1 aromatic rings. The number of thioether (sulfide) groups is 1. The lowest BCUT2D eigenvalue weighted by Gasteiger charge is -2.26. The molecule has 1 nitrogen and oxygen atoms in total. The van der Waals surface area contributed by atoms with Gasteiger partial charge in [-0.25, -0.2) is 0 Å². The van der Waals surface area contributed by atoms with E-state index in [-0.39, 0.29) is 0 Å². The summed E-state index contributed by atoms with van der Waals surface area (Å²) in [5.41, 5.74) is 9.11. The van der Waals surface area contributed by atoms with Gasteiger partial charge in [0.25, 0.3) is 0 Å². The Hall–Kier alpha value is -0.470. The molecule has 1 aliphatic heterocycles. The molecule has 82 valence electrons. The van der Waals surface area contributed by atoms with Gasteiger partial charge < -0.3 is 5.73 Å². The second-order valence-corrected chi connectivity index (χ2v) is 5.78. The Morgan fingerprint density at radius 3 is 2.93 bits per heavy atom. The van der Waals surface area contributed by atoms with Crippen molar-refractivity contribution in [1.82, 2.24) is 0 Å². The summed E-state index contributed by atoms with van der Waals surface area (Å²) < 4.78 is 0. The fourth-order valence-electron chi connectivity index (χ4n) is 2.28. The van der Waals surface area contributed by atoms with E-state index in [4.69, 9.17) is 5.73 Å². The van der Waals surface area contributed by atoms with Crippen molar-refractivity contribution in [2.45, 2.75) is 19.8 Å². The summed E-state index contributed by atoms with van der Waals surface area (Å²) in [7, 11) is 0. The Balaban J connectivity index is 2.12. The highest BCUT2D eigenvalue weighted by Gasteiger charge is 2.32. The van der Waals surface area contributed by atoms with Crippen molar-refractivity contribution < 1.29 is 0 Å². The maximum Gasteiger partial charge on any atom is 0.000477 e. The van der Waals surface area contributed by atoms with E-state index in [1.807, 2.05) is 11.8 Å². The van der Waals surface area contributed by atoms with Crippen LogP contribution in [0.5, 0.6) is 0 Å². The van der Waals surface area contributed by atoms with Crippen molar-refractivity contribution in [2.75, 3.05) is 18.1 Å². The lowest BCUT2D eigenvalue weighted by molar-refractivity contribution is 0.346. The maximum atomic E-state index is 5.94. The largest absolute Gasteiger partial charge is 0.330 e. The SMILES string of the molecule is Cc1cccc(CC2(CN)CCSC2)c1. The Bertz CT molecular complexity index is 329. The number of hydrogen-bond acceptors (Lipinski definition) is 2. The van der Waals surface area contributed by atoms with Gasteiger partial charge in [-0.05, 0) is 43.0 Å². The minimum Gasteiger partial charge on any atom is -0.330 e. The summed E-state index contributed by atoms with van der Waals surface area (Å²) in [6.07, 6.45) is 2.43. The molecule has 2 rings (SSSR count). The molecular formula is C13H19NS. The van der Waals surface area contributed by atoms with E-state index in [1.165, 1.54) is 29.1 Å². The second kappa shape index (κ2) is 4.58. The van der Waals surface area contributed by atoms with Crippen LogP contribution in [0.3, 0.4) is 0 Å². The van der Waals surface area contributed by atoms with E-state index < -0.39 is 0 Å². The van der Waals surface area contributed by atoms with Crippen LogP contribution < -0.4 is 5.73 Å². The minimum absolute atomic E-state index is 0.373. The Kier molecular flexibility index (Phi) is 3.37. The highest BCUT2D eigenvalue weighted by molar-refractivity contribution is 7.99. The van der Waals surface area contributed by atoms with E-state index in [9.17, 15) is 0 Å². The van der Waals surface area contributed by atoms with Gasteiger partial charge in [-0.1, -0.05) is 29.8 Å². The van der Waals surface area contributed by atoms with Gasteiger partial charge in [0.15, 0.2) is 0 Å². The van der Waals surface area contributed by atoms with Crippen molar-refractivity contribution in [3.63, 3.8) is 0 Å². The van der Waals surface area contributed by atoms with Gasteiger partial charge in [-0.15, -0.1) is 0 Å². The summed E-state index contributed by atoms with van der Waals surface area (Å²) in [5, 5.41) is 0. The Morgan fingerprint density at radius 2 is 2.33 bits per heavy atom. The molecule has 1 heterocycles. The number of nitrogens with two attached hydrogens (primary N) is 1. The maximum absolute atomic E-state index is 5.94. The van der Waals surface area contributed by atoms with Crippen LogP contribution >= 0.6 is 11.8 Å². The van der Waals surface area contributed by atoms with Gasteiger partial charge >= 0.3 is 0 Å². The van der Waals surface area contributed by atoms with Gasteiger partial charge in [0.05, 0.1) is 0 Å². The van der Waals surface area contributed by atoms with Crippen molar-refractivity contribution in [3.05, 3.63) is 35.4 Å². The van der Waals surface area contributed by atoms with Gasteiger partial charge in [-0.3, -0.25) is 0 Å². The van der Waals surface area contributed by atoms with Crippen LogP contribution in [0.25, 0.3) is 0 Å². The molecule has 1 fully saturated rings. The molecule has 1 aromatic carbocycles. The second-order valence-electron chi connectivity index (χ2n) is 4.67. The van der Waals surface area contributed by atoms with Gasteiger partial charge in [-0.2, -0.15) is 11.8 Å². The van der Waals surface area contributed by atoms with Crippen LogP contribution in [-0.4, -0.2) is 18.1 Å². The first-order chi connectivity index (χ1) is 7.24. The fraction of sp³-hybridized carbons (Fsp3) is 0.538. The van der Waals surface area contributed by atoms with Crippen LogP contribution in [0.15, 0.2) is 24.3 Å². The van der Waals surface area contributed by atoms with Crippen LogP contribution in [0.1, 0.15) is 17.5 Å². The van der Waals surface area contributed by atoms with Crippen molar-refractivity contribution >= 4 is 11.8 Å². The first kappa shape index (κ1) is 11.0. The zero-order valence-corrected chi connectivity index (χ0v) is 10.1. The van der Waals surface area contributed by atoms with Crippen molar-refractivity contribution in [1.29, 1.82) is 0 Å². The molecule has 15 heavy (non-hydrogen) atoms. The zero-order chi connectivity index (χ0) is 10.7. The summed E-state index contributed by atoms with van der Waals surface area (Å²) in [6.45, 7) is 2.98. The Labute approximate surface area is 96.4 Å². The molecule has 2 heteroatoms. The van der Waals surface area contributed by atoms with Crippen LogP contribution in [0.2, 0.25) is 0 Å². The third-order valence-electron chi connectivity index (χ3n) is 3.28. The minimum atomic E-state index is 0.373. The van der Waals surface area contributed by atoms with Gasteiger partial charge in [0, 0.05) is 5.75 Å². The molecule has 0 radical (unpaired) electrons. The van der Waals surface area contributed by atoms with E-state index >= 15 is 0 Å². The van der Waals surface area contributed by atoms with Gasteiger partial charge in [0.1, 0.15) is 0 Å². The highest BCUT2D eigenvalue weighted by atomic mass is 32.2. The van der Waals surface area contributed by atoms with Crippen molar-refractivity contribution in [2.24, 2.45) is 11.1 Å². The summed E-state index contributed by atoms with van der Waals surface area (Å²) in [6, 6.07) is 8.83. The quantitative estimate of drug-likeness (QED) is 0.849. The third-order valence-corrected chi connectivity index (χ3v) is 4.59. The number of hydrogen-bond donors (Lipinski definition) is 1. The van der Waals surface area contributed by atoms with E-state index in [2.05, 4.69) is 31.2 Å². The average Bonchev–Trinajstić information content (AvgIpc) is 2.67. The predicted molar refractivity (Wildman–Crippen MR) is 68.3 cm³/mol. The molecule has 1 saturated heterocycles. The first-order valence-corrected chi connectivity index (χ1v) is 6.73. The number of benzene rings is 1. The molecule has 0 aromatic heterocycles. The molecule has 1 unspecified atom stereocenters.